The Morgan fingerprint density at radius 2 is 2.29 bits per heavy atom. The number of nitrogens with one attached hydrogen (secondary N) is 1. The Hall–Kier alpha value is -0.420. The summed E-state index contributed by atoms with van der Waals surface area (Å²) in [6.07, 6.45) is 3.67. The predicted octanol–water partition coefficient (Wildman–Crippen LogP) is 4.26. The van der Waals surface area contributed by atoms with E-state index in [0.717, 1.165) is 20.9 Å². The first-order valence-corrected chi connectivity index (χ1v) is 7.28. The number of hydrogen-bond donors (Lipinski definition) is 1. The van der Waals surface area contributed by atoms with Crippen LogP contribution in [0.15, 0.2) is 35.1 Å². The van der Waals surface area contributed by atoms with Gasteiger partial charge in [0.2, 0.25) is 0 Å². The van der Waals surface area contributed by atoms with Crippen LogP contribution in [-0.4, -0.2) is 11.5 Å². The normalized spacial score (nSPS) is 12.6. The van der Waals surface area contributed by atoms with Gasteiger partial charge in [0.05, 0.1) is 10.4 Å². The van der Waals surface area contributed by atoms with E-state index in [-0.39, 0.29) is 6.04 Å². The quantitative estimate of drug-likeness (QED) is 0.905. The van der Waals surface area contributed by atoms with Crippen molar-refractivity contribution in [2.75, 3.05) is 6.54 Å². The summed E-state index contributed by atoms with van der Waals surface area (Å²) >= 11 is 11.0. The van der Waals surface area contributed by atoms with E-state index in [9.17, 15) is 0 Å². The maximum absolute atomic E-state index is 5.99. The number of halogens is 2. The van der Waals surface area contributed by atoms with Crippen LogP contribution in [0.2, 0.25) is 4.34 Å². The molecule has 1 atom stereocenters. The van der Waals surface area contributed by atoms with E-state index in [4.69, 9.17) is 11.6 Å². The molecule has 0 saturated heterocycles. The first-order valence-electron chi connectivity index (χ1n) is 5.29. The Kier molecular flexibility index (Phi) is 4.56. The van der Waals surface area contributed by atoms with Crippen molar-refractivity contribution in [2.45, 2.75) is 13.0 Å². The van der Waals surface area contributed by atoms with Crippen molar-refractivity contribution in [1.29, 1.82) is 0 Å². The van der Waals surface area contributed by atoms with Crippen molar-refractivity contribution >= 4 is 38.9 Å². The zero-order valence-electron chi connectivity index (χ0n) is 9.28. The van der Waals surface area contributed by atoms with Gasteiger partial charge >= 0.3 is 0 Å². The van der Waals surface area contributed by atoms with Crippen LogP contribution in [0.5, 0.6) is 0 Å². The molecule has 0 saturated carbocycles. The smallest absolute Gasteiger partial charge is 0.0931 e. The molecule has 0 fully saturated rings. The van der Waals surface area contributed by atoms with E-state index in [1.165, 1.54) is 4.88 Å². The fourth-order valence-electron chi connectivity index (χ4n) is 1.66. The number of pyridine rings is 1. The Bertz CT molecular complexity index is 501. The van der Waals surface area contributed by atoms with E-state index < -0.39 is 0 Å². The monoisotopic (exact) mass is 330 g/mol. The highest BCUT2D eigenvalue weighted by Gasteiger charge is 2.15. The topological polar surface area (TPSA) is 24.9 Å². The van der Waals surface area contributed by atoms with Crippen LogP contribution >= 0.6 is 38.9 Å². The third kappa shape index (κ3) is 3.28. The summed E-state index contributed by atoms with van der Waals surface area (Å²) in [5.74, 6) is 0. The molecule has 17 heavy (non-hydrogen) atoms. The molecule has 5 heteroatoms. The van der Waals surface area contributed by atoms with Gasteiger partial charge < -0.3 is 5.32 Å². The average Bonchev–Trinajstić information content (AvgIpc) is 2.72. The van der Waals surface area contributed by atoms with E-state index >= 15 is 0 Å². The van der Waals surface area contributed by atoms with Crippen molar-refractivity contribution in [3.63, 3.8) is 0 Å². The molecule has 0 bridgehead atoms. The molecule has 1 unspecified atom stereocenters. The lowest BCUT2D eigenvalue weighted by Gasteiger charge is -2.16. The minimum atomic E-state index is 0.155. The summed E-state index contributed by atoms with van der Waals surface area (Å²) in [7, 11) is 0. The second-order valence-corrected chi connectivity index (χ2v) is 6.23. The van der Waals surface area contributed by atoms with Crippen LogP contribution < -0.4 is 5.32 Å². The molecule has 0 radical (unpaired) electrons. The molecule has 2 aromatic rings. The Balaban J connectivity index is 2.35. The van der Waals surface area contributed by atoms with Crippen molar-refractivity contribution in [3.05, 3.63) is 49.8 Å². The molecule has 0 amide bonds. The largest absolute Gasteiger partial charge is 0.306 e. The van der Waals surface area contributed by atoms with Crippen molar-refractivity contribution in [3.8, 4) is 0 Å². The van der Waals surface area contributed by atoms with Crippen LogP contribution in [0.1, 0.15) is 23.4 Å². The zero-order chi connectivity index (χ0) is 12.3. The third-order valence-corrected chi connectivity index (χ3v) is 4.08. The number of thiophene rings is 1. The van der Waals surface area contributed by atoms with Gasteiger partial charge in [-0.15, -0.1) is 11.3 Å². The van der Waals surface area contributed by atoms with E-state index in [0.29, 0.717) is 0 Å². The van der Waals surface area contributed by atoms with Gasteiger partial charge in [-0.3, -0.25) is 4.98 Å². The molecule has 0 aromatic carbocycles. The van der Waals surface area contributed by atoms with E-state index in [2.05, 4.69) is 45.3 Å². The molecule has 2 rings (SSSR count). The van der Waals surface area contributed by atoms with Crippen LogP contribution in [0.3, 0.4) is 0 Å². The summed E-state index contributed by atoms with van der Waals surface area (Å²) in [5.41, 5.74) is 1.14. The molecule has 0 aliphatic heterocycles. The Morgan fingerprint density at radius 3 is 2.88 bits per heavy atom. The highest BCUT2D eigenvalue weighted by atomic mass is 79.9. The molecule has 0 aliphatic rings. The SMILES string of the molecule is CCNC(c1cncc(Br)c1)c1ccc(Cl)s1. The summed E-state index contributed by atoms with van der Waals surface area (Å²) in [5, 5.41) is 3.45. The molecule has 1 N–H and O–H groups in total. The molecule has 2 nitrogen and oxygen atoms in total. The van der Waals surface area contributed by atoms with Gasteiger partial charge in [-0.25, -0.2) is 0 Å². The molecule has 2 heterocycles. The first-order chi connectivity index (χ1) is 8.20. The number of hydrogen-bond acceptors (Lipinski definition) is 3. The zero-order valence-corrected chi connectivity index (χ0v) is 12.4. The lowest BCUT2D eigenvalue weighted by Crippen LogP contribution is -2.21. The molecule has 90 valence electrons. The molecule has 0 spiro atoms. The van der Waals surface area contributed by atoms with Crippen molar-refractivity contribution in [2.24, 2.45) is 0 Å². The van der Waals surface area contributed by atoms with Crippen LogP contribution in [0, 0.1) is 0 Å². The van der Waals surface area contributed by atoms with E-state index in [1.54, 1.807) is 17.5 Å². The fraction of sp³-hybridized carbons (Fsp3) is 0.250. The van der Waals surface area contributed by atoms with Gasteiger partial charge in [0.15, 0.2) is 0 Å². The summed E-state index contributed by atoms with van der Waals surface area (Å²) in [4.78, 5) is 5.41. The predicted molar refractivity (Wildman–Crippen MR) is 76.8 cm³/mol. The fourth-order valence-corrected chi connectivity index (χ4v) is 3.20. The van der Waals surface area contributed by atoms with Crippen LogP contribution in [0.25, 0.3) is 0 Å². The minimum absolute atomic E-state index is 0.155. The summed E-state index contributed by atoms with van der Waals surface area (Å²) in [6, 6.07) is 6.22. The van der Waals surface area contributed by atoms with Crippen molar-refractivity contribution in [1.82, 2.24) is 10.3 Å². The second-order valence-electron chi connectivity index (χ2n) is 3.57. The van der Waals surface area contributed by atoms with Crippen LogP contribution in [0.4, 0.5) is 0 Å². The molecule has 2 aromatic heterocycles. The van der Waals surface area contributed by atoms with E-state index in [1.807, 2.05) is 12.3 Å². The summed E-state index contributed by atoms with van der Waals surface area (Å²) in [6.45, 7) is 2.99. The van der Waals surface area contributed by atoms with Gasteiger partial charge in [0.1, 0.15) is 0 Å². The third-order valence-electron chi connectivity index (χ3n) is 2.35. The molecular weight excluding hydrogens is 320 g/mol. The number of rotatable bonds is 4. The summed E-state index contributed by atoms with van der Waals surface area (Å²) < 4.78 is 1.80. The van der Waals surface area contributed by atoms with Crippen molar-refractivity contribution < 1.29 is 0 Å². The standard InChI is InChI=1S/C12H12BrClN2S/c1-2-16-12(10-3-4-11(14)17-10)8-5-9(13)7-15-6-8/h3-7,12,16H,2H2,1H3. The number of aromatic nitrogens is 1. The number of nitrogens with zero attached hydrogens (tertiary/aromatic N) is 1. The lowest BCUT2D eigenvalue weighted by atomic mass is 10.1. The highest BCUT2D eigenvalue weighted by Crippen LogP contribution is 2.31. The van der Waals surface area contributed by atoms with Crippen LogP contribution in [-0.2, 0) is 0 Å². The van der Waals surface area contributed by atoms with Gasteiger partial charge in [-0.05, 0) is 46.2 Å². The Labute approximate surface area is 118 Å². The lowest BCUT2D eigenvalue weighted by molar-refractivity contribution is 0.637. The second kappa shape index (κ2) is 5.96. The maximum atomic E-state index is 5.99. The van der Waals surface area contributed by atoms with Gasteiger partial charge in [0.25, 0.3) is 0 Å². The first kappa shape index (κ1) is 13.0. The maximum Gasteiger partial charge on any atom is 0.0931 e. The average molecular weight is 332 g/mol. The molecular formula is C12H12BrClN2S. The highest BCUT2D eigenvalue weighted by molar-refractivity contribution is 9.10. The van der Waals surface area contributed by atoms with Gasteiger partial charge in [-0.2, -0.15) is 0 Å². The van der Waals surface area contributed by atoms with Gasteiger partial charge in [-0.1, -0.05) is 18.5 Å². The molecule has 0 aliphatic carbocycles. The minimum Gasteiger partial charge on any atom is -0.306 e. The Morgan fingerprint density at radius 1 is 1.47 bits per heavy atom. The van der Waals surface area contributed by atoms with Gasteiger partial charge in [0, 0.05) is 21.7 Å².